The lowest BCUT2D eigenvalue weighted by Gasteiger charge is -2.60. The van der Waals surface area contributed by atoms with Gasteiger partial charge in [-0.05, 0) is 37.5 Å². The second-order valence-corrected chi connectivity index (χ2v) is 7.85. The second-order valence-electron chi connectivity index (χ2n) is 6.10. The summed E-state index contributed by atoms with van der Waals surface area (Å²) in [6.45, 7) is -0.181. The maximum atomic E-state index is 13.5. The van der Waals surface area contributed by atoms with Gasteiger partial charge >= 0.3 is 21.3 Å². The third-order valence-electron chi connectivity index (χ3n) is 4.91. The summed E-state index contributed by atoms with van der Waals surface area (Å²) >= 11 is 0. The number of halogens is 2. The van der Waals surface area contributed by atoms with Crippen molar-refractivity contribution in [1.29, 1.82) is 0 Å². The van der Waals surface area contributed by atoms with Crippen LogP contribution in [0.4, 0.5) is 8.78 Å². The number of carbonyl (C=O) groups is 1. The second kappa shape index (κ2) is 4.49. The zero-order valence-corrected chi connectivity index (χ0v) is 12.3. The van der Waals surface area contributed by atoms with Crippen molar-refractivity contribution >= 4 is 16.1 Å². The third kappa shape index (κ3) is 2.03. The number of fused-ring (bicyclic) bond motifs is 1. The van der Waals surface area contributed by atoms with E-state index in [9.17, 15) is 22.0 Å². The van der Waals surface area contributed by atoms with Crippen LogP contribution in [-0.2, 0) is 23.8 Å². The molecule has 4 aliphatic rings. The molecule has 4 aliphatic carbocycles. The summed E-state index contributed by atoms with van der Waals surface area (Å²) in [7, 11) is -4.71. The minimum atomic E-state index is -5.29. The Morgan fingerprint density at radius 1 is 1.48 bits per heavy atom. The number of hydrogen-bond donors (Lipinski definition) is 0. The molecule has 0 saturated heterocycles. The molecule has 0 radical (unpaired) electrons. The Balaban J connectivity index is 1.68. The first kappa shape index (κ1) is 14.9. The number of alkyl halides is 2. The Labute approximate surface area is 121 Å². The van der Waals surface area contributed by atoms with E-state index in [1.165, 1.54) is 5.57 Å². The molecule has 0 N–H and O–H groups in total. The number of rotatable bonds is 5. The van der Waals surface area contributed by atoms with E-state index in [1.54, 1.807) is 0 Å². The molecule has 118 valence electrons. The largest absolute Gasteiger partial charge is 0.466 e. The highest BCUT2D eigenvalue weighted by atomic mass is 32.2. The Bertz CT molecular complexity index is 612. The molecular weight excluding hydrogens is 306 g/mol. The molecule has 4 bridgehead atoms. The van der Waals surface area contributed by atoms with Gasteiger partial charge in [-0.25, -0.2) is 4.79 Å². The van der Waals surface area contributed by atoms with E-state index < -0.39 is 21.3 Å². The highest BCUT2D eigenvalue weighted by molar-refractivity contribution is 7.88. The van der Waals surface area contributed by atoms with Gasteiger partial charge in [-0.1, -0.05) is 11.6 Å². The summed E-state index contributed by atoms with van der Waals surface area (Å²) in [6, 6.07) is 0. The van der Waals surface area contributed by atoms with Gasteiger partial charge in [-0.2, -0.15) is 17.2 Å². The van der Waals surface area contributed by atoms with Gasteiger partial charge in [0.15, 0.2) is 0 Å². The molecule has 0 amide bonds. The molecule has 8 heteroatoms. The maximum Gasteiger partial charge on any atom is 0.466 e. The lowest BCUT2D eigenvalue weighted by molar-refractivity contribution is -0.168. The number of esters is 1. The van der Waals surface area contributed by atoms with E-state index in [2.05, 4.69) is 15.0 Å². The number of ether oxygens (including phenoxy) is 1. The van der Waals surface area contributed by atoms with Crippen molar-refractivity contribution in [3.05, 3.63) is 11.6 Å². The van der Waals surface area contributed by atoms with E-state index in [0.717, 1.165) is 25.7 Å². The first-order valence-corrected chi connectivity index (χ1v) is 8.18. The quantitative estimate of drug-likeness (QED) is 0.439. The summed E-state index contributed by atoms with van der Waals surface area (Å²) in [5.41, 5.74) is 0.852. The summed E-state index contributed by atoms with van der Waals surface area (Å²) in [6.07, 6.45) is 5.88. The molecule has 4 rings (SSSR count). The molecule has 5 nitrogen and oxygen atoms in total. The van der Waals surface area contributed by atoms with E-state index >= 15 is 0 Å². The van der Waals surface area contributed by atoms with Crippen LogP contribution in [0, 0.1) is 17.3 Å². The van der Waals surface area contributed by atoms with Crippen LogP contribution in [0.2, 0.25) is 0 Å². The fraction of sp³-hybridized carbons (Fsp3) is 0.769. The molecule has 2 saturated carbocycles. The van der Waals surface area contributed by atoms with Crippen molar-refractivity contribution in [3.8, 4) is 0 Å². The van der Waals surface area contributed by atoms with Gasteiger partial charge in [0.1, 0.15) is 6.61 Å². The number of hydrogen-bond acceptors (Lipinski definition) is 5. The van der Waals surface area contributed by atoms with Crippen LogP contribution < -0.4 is 0 Å². The van der Waals surface area contributed by atoms with Crippen LogP contribution in [0.1, 0.15) is 25.7 Å². The molecular formula is C13H16F2O5S. The molecule has 0 aromatic heterocycles. The van der Waals surface area contributed by atoms with Crippen molar-refractivity contribution < 1.29 is 30.9 Å². The van der Waals surface area contributed by atoms with Gasteiger partial charge in [-0.3, -0.25) is 4.18 Å². The fourth-order valence-corrected chi connectivity index (χ4v) is 4.48. The van der Waals surface area contributed by atoms with Gasteiger partial charge in [0, 0.05) is 5.41 Å². The van der Waals surface area contributed by atoms with Crippen molar-refractivity contribution in [2.24, 2.45) is 17.3 Å². The molecule has 0 aliphatic heterocycles. The topological polar surface area (TPSA) is 69.7 Å². The molecule has 0 heterocycles. The molecule has 21 heavy (non-hydrogen) atoms. The molecule has 2 fully saturated rings. The number of carbonyl (C=O) groups excluding carboxylic acids is 1. The van der Waals surface area contributed by atoms with Gasteiger partial charge in [-0.15, -0.1) is 0 Å². The predicted molar refractivity (Wildman–Crippen MR) is 67.8 cm³/mol. The van der Waals surface area contributed by atoms with Gasteiger partial charge < -0.3 is 4.74 Å². The zero-order chi connectivity index (χ0) is 15.5. The summed E-state index contributed by atoms with van der Waals surface area (Å²) in [5, 5.41) is -4.68. The van der Waals surface area contributed by atoms with Crippen LogP contribution in [-0.4, -0.2) is 33.4 Å². The third-order valence-corrected chi connectivity index (χ3v) is 6.14. The fourth-order valence-electron chi connectivity index (χ4n) is 4.00. The van der Waals surface area contributed by atoms with E-state index in [1.807, 2.05) is 0 Å². The molecule has 3 unspecified atom stereocenters. The van der Waals surface area contributed by atoms with Crippen molar-refractivity contribution in [3.63, 3.8) is 0 Å². The minimum absolute atomic E-state index is 0.181. The van der Waals surface area contributed by atoms with Crippen molar-refractivity contribution in [1.82, 2.24) is 0 Å². The highest BCUT2D eigenvalue weighted by Gasteiger charge is 2.59. The van der Waals surface area contributed by atoms with Gasteiger partial charge in [0.05, 0.1) is 7.11 Å². The summed E-state index contributed by atoms with van der Waals surface area (Å²) in [5.74, 6) is -1.06. The zero-order valence-electron chi connectivity index (χ0n) is 11.5. The summed E-state index contributed by atoms with van der Waals surface area (Å²) in [4.78, 5) is 11.4. The van der Waals surface area contributed by atoms with Gasteiger partial charge in [0.25, 0.3) is 0 Å². The Morgan fingerprint density at radius 3 is 2.71 bits per heavy atom. The monoisotopic (exact) mass is 322 g/mol. The smallest absolute Gasteiger partial charge is 0.459 e. The Morgan fingerprint density at radius 2 is 2.19 bits per heavy atom. The average molecular weight is 322 g/mol. The van der Waals surface area contributed by atoms with Crippen molar-refractivity contribution in [2.75, 3.05) is 13.7 Å². The van der Waals surface area contributed by atoms with E-state index in [-0.39, 0.29) is 12.0 Å². The lowest BCUT2D eigenvalue weighted by atomic mass is 9.45. The number of allylic oxidation sites excluding steroid dienone is 1. The van der Waals surface area contributed by atoms with Crippen LogP contribution in [0.25, 0.3) is 0 Å². The van der Waals surface area contributed by atoms with Crippen LogP contribution in [0.5, 0.6) is 0 Å². The maximum absolute atomic E-state index is 13.5. The van der Waals surface area contributed by atoms with Gasteiger partial charge in [0.2, 0.25) is 0 Å². The Hall–Kier alpha value is -1.02. The van der Waals surface area contributed by atoms with E-state index in [0.29, 0.717) is 18.9 Å². The average Bonchev–Trinajstić information content (AvgIpc) is 2.44. The molecule has 3 atom stereocenters. The van der Waals surface area contributed by atoms with Crippen LogP contribution in [0.3, 0.4) is 0 Å². The standard InChI is InChI=1S/C13H16F2O5S/c1-19-21(17,18)13(14,15)11(16)20-7-12-5-8-2-3-10(12)9(4-8)6-12/h3,8-9H,2,4-7H2,1H3. The lowest BCUT2D eigenvalue weighted by Crippen LogP contribution is -2.53. The van der Waals surface area contributed by atoms with E-state index in [4.69, 9.17) is 0 Å². The first-order chi connectivity index (χ1) is 9.72. The SMILES string of the molecule is COS(=O)(=O)C(F)(F)C(=O)OCC12CC3CC=C1C(C3)C2. The Kier molecular flexibility index (Phi) is 3.18. The van der Waals surface area contributed by atoms with Crippen molar-refractivity contribution in [2.45, 2.75) is 30.9 Å². The van der Waals surface area contributed by atoms with Crippen LogP contribution in [0.15, 0.2) is 11.6 Å². The van der Waals surface area contributed by atoms with Crippen LogP contribution >= 0.6 is 0 Å². The molecule has 0 aromatic rings. The summed E-state index contributed by atoms with van der Waals surface area (Å²) < 4.78 is 57.4. The normalized spacial score (nSPS) is 34.1. The molecule has 0 aromatic carbocycles. The molecule has 0 spiro atoms. The first-order valence-electron chi connectivity index (χ1n) is 6.77. The minimum Gasteiger partial charge on any atom is -0.459 e. The predicted octanol–water partition coefficient (Wildman–Crippen LogP) is 1.84. The highest BCUT2D eigenvalue weighted by Crippen LogP contribution is 2.65.